The van der Waals surface area contributed by atoms with Gasteiger partial charge in [-0.3, -0.25) is 0 Å². The third kappa shape index (κ3) is 0.521. The Morgan fingerprint density at radius 3 is 2.31 bits per heavy atom. The van der Waals surface area contributed by atoms with Crippen LogP contribution in [-0.2, 0) is 0 Å². The fourth-order valence-electron chi connectivity index (χ4n) is 6.23. The normalized spacial score (nSPS) is 72.5. The van der Waals surface area contributed by atoms with Crippen molar-refractivity contribution in [3.8, 4) is 0 Å². The fraction of sp³-hybridized carbons (Fsp3) is 1.00. The Labute approximate surface area is 81.1 Å². The molecule has 0 N–H and O–H groups in total. The van der Waals surface area contributed by atoms with E-state index in [1.54, 1.807) is 25.7 Å². The zero-order chi connectivity index (χ0) is 8.79. The minimum atomic E-state index is 0.928. The molecule has 4 fully saturated rings. The quantitative estimate of drug-likeness (QED) is 0.531. The average Bonchev–Trinajstić information content (AvgIpc) is 2.54. The van der Waals surface area contributed by atoms with E-state index in [0.29, 0.717) is 0 Å². The maximum Gasteiger partial charge on any atom is -0.0184 e. The van der Waals surface area contributed by atoms with Crippen molar-refractivity contribution in [3.05, 3.63) is 0 Å². The molecule has 1 spiro atoms. The predicted octanol–water partition coefficient (Wildman–Crippen LogP) is 3.32. The van der Waals surface area contributed by atoms with E-state index in [4.69, 9.17) is 0 Å². The zero-order valence-corrected chi connectivity index (χ0v) is 8.79. The first kappa shape index (κ1) is 7.31. The van der Waals surface area contributed by atoms with Gasteiger partial charge in [0, 0.05) is 0 Å². The molecular formula is C13H20. The van der Waals surface area contributed by atoms with E-state index in [1.165, 1.54) is 17.8 Å². The van der Waals surface area contributed by atoms with Crippen LogP contribution < -0.4 is 0 Å². The van der Waals surface area contributed by atoms with Gasteiger partial charge in [-0.1, -0.05) is 13.8 Å². The molecule has 0 heteroatoms. The molecule has 0 aliphatic heterocycles. The molecule has 0 amide bonds. The molecule has 4 saturated carbocycles. The summed E-state index contributed by atoms with van der Waals surface area (Å²) >= 11 is 0. The molecule has 0 aromatic rings. The Hall–Kier alpha value is 0. The van der Waals surface area contributed by atoms with Crippen LogP contribution in [0.25, 0.3) is 0 Å². The molecule has 0 radical (unpaired) electrons. The molecule has 4 aliphatic carbocycles. The van der Waals surface area contributed by atoms with Gasteiger partial charge in [-0.05, 0) is 66.6 Å². The Bertz CT molecular complexity index is 259. The second kappa shape index (κ2) is 1.85. The lowest BCUT2D eigenvalue weighted by Crippen LogP contribution is -2.65. The van der Waals surface area contributed by atoms with Gasteiger partial charge in [0.2, 0.25) is 0 Å². The second-order valence-corrected chi connectivity index (χ2v) is 6.49. The van der Waals surface area contributed by atoms with E-state index in [9.17, 15) is 0 Å². The van der Waals surface area contributed by atoms with Gasteiger partial charge in [0.05, 0.1) is 0 Å². The minimum absolute atomic E-state index is 0.928. The highest BCUT2D eigenvalue weighted by atomic mass is 14.8. The van der Waals surface area contributed by atoms with Crippen molar-refractivity contribution < 1.29 is 0 Å². The summed E-state index contributed by atoms with van der Waals surface area (Å²) in [7, 11) is 0. The summed E-state index contributed by atoms with van der Waals surface area (Å²) in [5.41, 5.74) is 0.928. The molecule has 2 bridgehead atoms. The van der Waals surface area contributed by atoms with Gasteiger partial charge in [-0.2, -0.15) is 0 Å². The Morgan fingerprint density at radius 2 is 1.69 bits per heavy atom. The molecule has 0 aromatic heterocycles. The van der Waals surface area contributed by atoms with Gasteiger partial charge in [0.25, 0.3) is 0 Å². The van der Waals surface area contributed by atoms with Crippen molar-refractivity contribution in [2.45, 2.75) is 39.5 Å². The van der Waals surface area contributed by atoms with E-state index < -0.39 is 0 Å². The SMILES string of the molecule is CC1CC2CC1C1CC3CC(C)C231. The standard InChI is InChI=1S/C13H20/c1-7-3-9-5-11(7)12-6-10-4-8(2)13(9,10)12/h7-12H,3-6H2,1-2H3. The van der Waals surface area contributed by atoms with Crippen molar-refractivity contribution in [2.75, 3.05) is 0 Å². The Balaban J connectivity index is 1.77. The second-order valence-electron chi connectivity index (χ2n) is 6.49. The van der Waals surface area contributed by atoms with E-state index in [1.807, 2.05) is 0 Å². The van der Waals surface area contributed by atoms with Crippen LogP contribution >= 0.6 is 0 Å². The monoisotopic (exact) mass is 176 g/mol. The number of fused-ring (bicyclic) bond motifs is 3. The van der Waals surface area contributed by atoms with Gasteiger partial charge in [-0.15, -0.1) is 0 Å². The maximum atomic E-state index is 2.54. The zero-order valence-electron chi connectivity index (χ0n) is 8.79. The lowest BCUT2D eigenvalue weighted by atomic mass is 9.34. The summed E-state index contributed by atoms with van der Waals surface area (Å²) in [6.45, 7) is 5.04. The molecule has 13 heavy (non-hydrogen) atoms. The number of rotatable bonds is 0. The summed E-state index contributed by atoms with van der Waals surface area (Å²) in [6.07, 6.45) is 6.40. The van der Waals surface area contributed by atoms with Crippen LogP contribution in [0.1, 0.15) is 39.5 Å². The number of hydrogen-bond donors (Lipinski definition) is 0. The van der Waals surface area contributed by atoms with Crippen molar-refractivity contribution in [3.63, 3.8) is 0 Å². The van der Waals surface area contributed by atoms with Crippen molar-refractivity contribution >= 4 is 0 Å². The summed E-state index contributed by atoms with van der Waals surface area (Å²) < 4.78 is 0. The molecule has 4 rings (SSSR count). The van der Waals surface area contributed by atoms with Gasteiger partial charge in [0.1, 0.15) is 0 Å². The topological polar surface area (TPSA) is 0 Å². The van der Waals surface area contributed by atoms with E-state index in [0.717, 1.165) is 23.2 Å². The molecule has 7 atom stereocenters. The third-order valence-corrected chi connectivity index (χ3v) is 6.55. The van der Waals surface area contributed by atoms with Gasteiger partial charge in [0.15, 0.2) is 0 Å². The molecule has 4 aliphatic rings. The van der Waals surface area contributed by atoms with E-state index >= 15 is 0 Å². The van der Waals surface area contributed by atoms with Crippen LogP contribution in [0, 0.1) is 40.9 Å². The smallest absolute Gasteiger partial charge is 0.0184 e. The number of hydrogen-bond acceptors (Lipinski definition) is 0. The van der Waals surface area contributed by atoms with Crippen LogP contribution in [0.3, 0.4) is 0 Å². The molecular weight excluding hydrogens is 156 g/mol. The first-order chi connectivity index (χ1) is 6.24. The summed E-state index contributed by atoms with van der Waals surface area (Å²) in [5.74, 6) is 6.88. The van der Waals surface area contributed by atoms with Gasteiger partial charge >= 0.3 is 0 Å². The van der Waals surface area contributed by atoms with Gasteiger partial charge < -0.3 is 0 Å². The first-order valence-corrected chi connectivity index (χ1v) is 6.24. The highest BCUT2D eigenvalue weighted by Crippen LogP contribution is 2.81. The lowest BCUT2D eigenvalue weighted by Gasteiger charge is -2.71. The van der Waals surface area contributed by atoms with Crippen molar-refractivity contribution in [1.29, 1.82) is 0 Å². The average molecular weight is 176 g/mol. The molecule has 7 unspecified atom stereocenters. The van der Waals surface area contributed by atoms with Crippen LogP contribution in [0.5, 0.6) is 0 Å². The molecule has 0 heterocycles. The summed E-state index contributed by atoms with van der Waals surface area (Å²) in [5, 5.41) is 0. The van der Waals surface area contributed by atoms with Crippen LogP contribution in [0.4, 0.5) is 0 Å². The Kier molecular flexibility index (Phi) is 1.04. The van der Waals surface area contributed by atoms with Crippen molar-refractivity contribution in [1.82, 2.24) is 0 Å². The molecule has 0 aromatic carbocycles. The predicted molar refractivity (Wildman–Crippen MR) is 53.2 cm³/mol. The largest absolute Gasteiger partial charge is 0.0622 e. The Morgan fingerprint density at radius 1 is 0.923 bits per heavy atom. The van der Waals surface area contributed by atoms with Gasteiger partial charge in [-0.25, -0.2) is 0 Å². The molecule has 0 nitrogen and oxygen atoms in total. The van der Waals surface area contributed by atoms with E-state index in [-0.39, 0.29) is 0 Å². The highest BCUT2D eigenvalue weighted by Gasteiger charge is 2.75. The molecule has 72 valence electrons. The van der Waals surface area contributed by atoms with E-state index in [2.05, 4.69) is 13.8 Å². The van der Waals surface area contributed by atoms with Crippen LogP contribution in [0.2, 0.25) is 0 Å². The minimum Gasteiger partial charge on any atom is -0.0622 e. The van der Waals surface area contributed by atoms with Crippen LogP contribution in [-0.4, -0.2) is 0 Å². The highest BCUT2D eigenvalue weighted by molar-refractivity contribution is 5.23. The molecule has 0 saturated heterocycles. The third-order valence-electron chi connectivity index (χ3n) is 6.55. The van der Waals surface area contributed by atoms with Crippen LogP contribution in [0.15, 0.2) is 0 Å². The maximum absolute atomic E-state index is 2.54. The van der Waals surface area contributed by atoms with Crippen molar-refractivity contribution in [2.24, 2.45) is 40.9 Å². The first-order valence-electron chi connectivity index (χ1n) is 6.24. The summed E-state index contributed by atoms with van der Waals surface area (Å²) in [4.78, 5) is 0. The summed E-state index contributed by atoms with van der Waals surface area (Å²) in [6, 6.07) is 0. The lowest BCUT2D eigenvalue weighted by molar-refractivity contribution is -0.227. The fourth-order valence-corrected chi connectivity index (χ4v) is 6.23.